The predicted octanol–water partition coefficient (Wildman–Crippen LogP) is 3.01. The zero-order valence-electron chi connectivity index (χ0n) is 12.7. The highest BCUT2D eigenvalue weighted by Crippen LogP contribution is 2.38. The molecule has 0 saturated heterocycles. The van der Waals surface area contributed by atoms with E-state index in [1.54, 1.807) is 6.92 Å². The molecule has 0 bridgehead atoms. The Labute approximate surface area is 123 Å². The maximum absolute atomic E-state index is 12.4. The fourth-order valence-electron chi connectivity index (χ4n) is 3.06. The van der Waals surface area contributed by atoms with Crippen molar-refractivity contribution in [2.75, 3.05) is 7.11 Å². The van der Waals surface area contributed by atoms with Gasteiger partial charge in [-0.2, -0.15) is 0 Å². The molecule has 0 aliphatic heterocycles. The number of nitrogens with one attached hydrogen (secondary N) is 1. The van der Waals surface area contributed by atoms with Crippen LogP contribution in [-0.4, -0.2) is 25.0 Å². The summed E-state index contributed by atoms with van der Waals surface area (Å²) in [6, 6.07) is -0.567. The van der Waals surface area contributed by atoms with Crippen molar-refractivity contribution in [1.29, 1.82) is 0 Å². The minimum absolute atomic E-state index is 0. The molecule has 1 unspecified atom stereocenters. The molecule has 4 heteroatoms. The van der Waals surface area contributed by atoms with Crippen molar-refractivity contribution in [1.82, 2.24) is 5.32 Å². The van der Waals surface area contributed by atoms with Gasteiger partial charge in [-0.15, -0.1) is 0 Å². The topological polar surface area (TPSA) is 55.4 Å². The van der Waals surface area contributed by atoms with E-state index in [9.17, 15) is 9.59 Å². The van der Waals surface area contributed by atoms with E-state index >= 15 is 0 Å². The molecule has 0 spiro atoms. The van der Waals surface area contributed by atoms with E-state index in [0.29, 0.717) is 17.8 Å². The average molecular weight is 285 g/mol. The van der Waals surface area contributed by atoms with Crippen LogP contribution in [0.3, 0.4) is 0 Å². The second-order valence-electron chi connectivity index (χ2n) is 6.19. The maximum atomic E-state index is 12.4. The molecule has 1 N–H and O–H groups in total. The Kier molecular flexibility index (Phi) is 7.84. The van der Waals surface area contributed by atoms with Crippen LogP contribution in [0.25, 0.3) is 0 Å². The Morgan fingerprint density at radius 3 is 2.30 bits per heavy atom. The SMILES string of the molecule is C.COC(=O)C(C)NC(=O)[C@@H]1C[C@H](C)CC[C@H]1C(C)C. The van der Waals surface area contributed by atoms with Gasteiger partial charge in [0, 0.05) is 5.92 Å². The third-order valence-corrected chi connectivity index (χ3v) is 4.27. The summed E-state index contributed by atoms with van der Waals surface area (Å²) in [5.74, 6) is 1.13. The van der Waals surface area contributed by atoms with E-state index in [4.69, 9.17) is 0 Å². The van der Waals surface area contributed by atoms with E-state index in [-0.39, 0.29) is 19.3 Å². The van der Waals surface area contributed by atoms with Crippen molar-refractivity contribution in [2.45, 2.75) is 60.4 Å². The Bertz CT molecular complexity index is 328. The first-order valence-corrected chi connectivity index (χ1v) is 7.25. The summed E-state index contributed by atoms with van der Waals surface area (Å²) in [5, 5.41) is 2.79. The van der Waals surface area contributed by atoms with Crippen molar-refractivity contribution >= 4 is 11.9 Å². The first-order chi connectivity index (χ1) is 8.86. The monoisotopic (exact) mass is 285 g/mol. The number of carbonyl (C=O) groups excluding carboxylic acids is 2. The molecule has 0 heterocycles. The molecule has 1 fully saturated rings. The van der Waals surface area contributed by atoms with Gasteiger partial charge in [-0.1, -0.05) is 34.6 Å². The molecule has 4 atom stereocenters. The van der Waals surface area contributed by atoms with E-state index in [1.165, 1.54) is 13.5 Å². The zero-order valence-corrected chi connectivity index (χ0v) is 12.7. The standard InChI is InChI=1S/C15H27NO3.CH4/c1-9(2)12-7-6-10(3)8-13(12)14(17)16-11(4)15(18)19-5;/h9-13H,6-8H2,1-5H3,(H,16,17);1H4/t10-,11?,12+,13-;/m1./s1. The molecule has 20 heavy (non-hydrogen) atoms. The molecule has 1 aliphatic carbocycles. The lowest BCUT2D eigenvalue weighted by molar-refractivity contribution is -0.145. The second-order valence-corrected chi connectivity index (χ2v) is 6.19. The number of rotatable bonds is 4. The Morgan fingerprint density at radius 2 is 1.80 bits per heavy atom. The molecule has 0 aromatic rings. The van der Waals surface area contributed by atoms with E-state index in [2.05, 4.69) is 30.8 Å². The van der Waals surface area contributed by atoms with Crippen LogP contribution in [0.5, 0.6) is 0 Å². The van der Waals surface area contributed by atoms with Crippen LogP contribution in [0.15, 0.2) is 0 Å². The second kappa shape index (κ2) is 8.28. The van der Waals surface area contributed by atoms with Crippen molar-refractivity contribution in [3.8, 4) is 0 Å². The fourth-order valence-corrected chi connectivity index (χ4v) is 3.06. The van der Waals surface area contributed by atoms with Gasteiger partial charge in [-0.25, -0.2) is 4.79 Å². The van der Waals surface area contributed by atoms with Gasteiger partial charge in [-0.3, -0.25) is 4.79 Å². The molecular formula is C16H31NO3. The van der Waals surface area contributed by atoms with Crippen molar-refractivity contribution < 1.29 is 14.3 Å². The average Bonchev–Trinajstić information content (AvgIpc) is 2.36. The highest BCUT2D eigenvalue weighted by molar-refractivity contribution is 5.85. The van der Waals surface area contributed by atoms with Crippen LogP contribution in [0.4, 0.5) is 0 Å². The van der Waals surface area contributed by atoms with Crippen molar-refractivity contribution in [3.05, 3.63) is 0 Å². The lowest BCUT2D eigenvalue weighted by Crippen LogP contribution is -2.46. The number of hydrogen-bond donors (Lipinski definition) is 1. The summed E-state index contributed by atoms with van der Waals surface area (Å²) < 4.78 is 4.64. The van der Waals surface area contributed by atoms with Gasteiger partial charge in [0.1, 0.15) is 6.04 Å². The van der Waals surface area contributed by atoms with Gasteiger partial charge in [0.15, 0.2) is 0 Å². The highest BCUT2D eigenvalue weighted by atomic mass is 16.5. The summed E-state index contributed by atoms with van der Waals surface area (Å²) in [6.45, 7) is 8.20. The van der Waals surface area contributed by atoms with Gasteiger partial charge in [0.25, 0.3) is 0 Å². The number of methoxy groups -OCH3 is 1. The van der Waals surface area contributed by atoms with Gasteiger partial charge >= 0.3 is 5.97 Å². The molecule has 1 aliphatic rings. The van der Waals surface area contributed by atoms with E-state index in [0.717, 1.165) is 12.8 Å². The van der Waals surface area contributed by atoms with Crippen LogP contribution < -0.4 is 5.32 Å². The van der Waals surface area contributed by atoms with Crippen molar-refractivity contribution in [2.24, 2.45) is 23.7 Å². The minimum Gasteiger partial charge on any atom is -0.467 e. The summed E-state index contributed by atoms with van der Waals surface area (Å²) in [7, 11) is 1.34. The molecule has 0 radical (unpaired) electrons. The Hall–Kier alpha value is -1.06. The van der Waals surface area contributed by atoms with Gasteiger partial charge in [-0.05, 0) is 37.5 Å². The van der Waals surface area contributed by atoms with Crippen LogP contribution in [0, 0.1) is 23.7 Å². The molecule has 1 saturated carbocycles. The fraction of sp³-hybridized carbons (Fsp3) is 0.875. The van der Waals surface area contributed by atoms with E-state index in [1.807, 2.05) is 0 Å². The lowest BCUT2D eigenvalue weighted by atomic mass is 9.69. The molecule has 1 amide bonds. The number of ether oxygens (including phenoxy) is 1. The Balaban J connectivity index is 0.00000361. The maximum Gasteiger partial charge on any atom is 0.328 e. The number of esters is 1. The quantitative estimate of drug-likeness (QED) is 0.808. The zero-order chi connectivity index (χ0) is 14.6. The first kappa shape index (κ1) is 18.9. The first-order valence-electron chi connectivity index (χ1n) is 7.25. The molecule has 1 rings (SSSR count). The third kappa shape index (κ3) is 4.80. The number of hydrogen-bond acceptors (Lipinski definition) is 3. The smallest absolute Gasteiger partial charge is 0.328 e. The summed E-state index contributed by atoms with van der Waals surface area (Å²) in [5.41, 5.74) is 0. The molecule has 4 nitrogen and oxygen atoms in total. The third-order valence-electron chi connectivity index (χ3n) is 4.27. The summed E-state index contributed by atoms with van der Waals surface area (Å²) in [6.07, 6.45) is 3.21. The summed E-state index contributed by atoms with van der Waals surface area (Å²) >= 11 is 0. The van der Waals surface area contributed by atoms with Crippen LogP contribution in [0.1, 0.15) is 54.4 Å². The lowest BCUT2D eigenvalue weighted by Gasteiger charge is -2.36. The minimum atomic E-state index is -0.567. The van der Waals surface area contributed by atoms with Crippen LogP contribution in [-0.2, 0) is 14.3 Å². The number of amides is 1. The normalized spacial score (nSPS) is 27.4. The van der Waals surface area contributed by atoms with E-state index < -0.39 is 12.0 Å². The van der Waals surface area contributed by atoms with Crippen LogP contribution >= 0.6 is 0 Å². The predicted molar refractivity (Wildman–Crippen MR) is 81.2 cm³/mol. The highest BCUT2D eigenvalue weighted by Gasteiger charge is 2.36. The molecule has 0 aromatic carbocycles. The number of carbonyl (C=O) groups is 2. The van der Waals surface area contributed by atoms with Crippen LogP contribution in [0.2, 0.25) is 0 Å². The molecule has 0 aromatic heterocycles. The molecular weight excluding hydrogens is 254 g/mol. The Morgan fingerprint density at radius 1 is 1.20 bits per heavy atom. The van der Waals surface area contributed by atoms with Crippen molar-refractivity contribution in [3.63, 3.8) is 0 Å². The largest absolute Gasteiger partial charge is 0.467 e. The van der Waals surface area contributed by atoms with Gasteiger partial charge < -0.3 is 10.1 Å². The summed E-state index contributed by atoms with van der Waals surface area (Å²) in [4.78, 5) is 23.7. The van der Waals surface area contributed by atoms with Gasteiger partial charge in [0.2, 0.25) is 5.91 Å². The molecule has 118 valence electrons. The van der Waals surface area contributed by atoms with Gasteiger partial charge in [0.05, 0.1) is 7.11 Å².